The predicted octanol–water partition coefficient (Wildman–Crippen LogP) is 0.513. The molecule has 0 saturated heterocycles. The number of nitrogens with zero attached hydrogens (tertiary/aromatic N) is 1. The zero-order valence-corrected chi connectivity index (χ0v) is 12.7. The number of nitrogens with one attached hydrogen (secondary N) is 1. The monoisotopic (exact) mass is 287 g/mol. The summed E-state index contributed by atoms with van der Waals surface area (Å²) in [5.41, 5.74) is 7.65. The minimum atomic E-state index is -0.126. The lowest BCUT2D eigenvalue weighted by molar-refractivity contribution is -0.120. The van der Waals surface area contributed by atoms with Gasteiger partial charge in [0.15, 0.2) is 0 Å². The summed E-state index contributed by atoms with van der Waals surface area (Å²) in [5.74, 6) is 5.49. The van der Waals surface area contributed by atoms with Crippen molar-refractivity contribution in [3.8, 4) is 11.8 Å². The summed E-state index contributed by atoms with van der Waals surface area (Å²) in [6.07, 6.45) is 0.282. The number of rotatable bonds is 4. The Bertz CT molecular complexity index is 585. The highest BCUT2D eigenvalue weighted by Crippen LogP contribution is 2.11. The molecule has 1 aromatic carbocycles. The molecule has 112 valence electrons. The summed E-state index contributed by atoms with van der Waals surface area (Å²) in [5, 5.41) is 2.53. The van der Waals surface area contributed by atoms with Crippen molar-refractivity contribution in [3.63, 3.8) is 0 Å². The van der Waals surface area contributed by atoms with Gasteiger partial charge in [-0.25, -0.2) is 0 Å². The largest absolute Gasteiger partial charge is 0.359 e. The van der Waals surface area contributed by atoms with E-state index in [1.165, 1.54) is 4.90 Å². The van der Waals surface area contributed by atoms with Crippen LogP contribution in [0.3, 0.4) is 0 Å². The second-order valence-corrected chi connectivity index (χ2v) is 4.74. The molecule has 3 N–H and O–H groups in total. The SMILES string of the molecule is CNC(=O)CCN(C)C(=O)c1cc(C)cc(C#CCN)c1. The van der Waals surface area contributed by atoms with Crippen LogP contribution in [0.15, 0.2) is 18.2 Å². The normalized spacial score (nSPS) is 9.52. The van der Waals surface area contributed by atoms with Gasteiger partial charge in [-0.15, -0.1) is 0 Å². The number of hydrogen-bond acceptors (Lipinski definition) is 3. The van der Waals surface area contributed by atoms with Crippen LogP contribution in [0, 0.1) is 18.8 Å². The van der Waals surface area contributed by atoms with Crippen LogP contribution in [0.1, 0.15) is 27.9 Å². The Morgan fingerprint density at radius 2 is 2.05 bits per heavy atom. The Hall–Kier alpha value is -2.32. The number of carbonyl (C=O) groups is 2. The standard InChI is InChI=1S/C16H21N3O2/c1-12-9-13(5-4-7-17)11-14(10-12)16(21)19(3)8-6-15(20)18-2/h9-11H,6-8,17H2,1-3H3,(H,18,20). The highest BCUT2D eigenvalue weighted by Gasteiger charge is 2.13. The van der Waals surface area contributed by atoms with Crippen molar-refractivity contribution < 1.29 is 9.59 Å². The molecule has 0 heterocycles. The molecule has 1 rings (SSSR count). The zero-order valence-electron chi connectivity index (χ0n) is 12.7. The second-order valence-electron chi connectivity index (χ2n) is 4.74. The maximum Gasteiger partial charge on any atom is 0.253 e. The predicted molar refractivity (Wildman–Crippen MR) is 82.8 cm³/mol. The highest BCUT2D eigenvalue weighted by atomic mass is 16.2. The van der Waals surface area contributed by atoms with Crippen molar-refractivity contribution in [1.29, 1.82) is 0 Å². The number of hydrogen-bond donors (Lipinski definition) is 2. The van der Waals surface area contributed by atoms with E-state index in [-0.39, 0.29) is 24.8 Å². The molecule has 0 fully saturated rings. The lowest BCUT2D eigenvalue weighted by atomic mass is 10.1. The van der Waals surface area contributed by atoms with E-state index in [9.17, 15) is 9.59 Å². The van der Waals surface area contributed by atoms with E-state index in [2.05, 4.69) is 17.2 Å². The van der Waals surface area contributed by atoms with Crippen molar-refractivity contribution in [3.05, 3.63) is 34.9 Å². The maximum atomic E-state index is 12.3. The molecule has 1 aromatic rings. The van der Waals surface area contributed by atoms with E-state index in [1.54, 1.807) is 20.2 Å². The van der Waals surface area contributed by atoms with Gasteiger partial charge in [0.2, 0.25) is 5.91 Å². The molecule has 0 atom stereocenters. The van der Waals surface area contributed by atoms with Gasteiger partial charge in [0.1, 0.15) is 0 Å². The summed E-state index contributed by atoms with van der Waals surface area (Å²) in [6.45, 7) is 2.56. The van der Waals surface area contributed by atoms with E-state index >= 15 is 0 Å². The van der Waals surface area contributed by atoms with Gasteiger partial charge in [0.25, 0.3) is 5.91 Å². The summed E-state index contributed by atoms with van der Waals surface area (Å²) < 4.78 is 0. The van der Waals surface area contributed by atoms with Crippen LogP contribution in [0.25, 0.3) is 0 Å². The van der Waals surface area contributed by atoms with Gasteiger partial charge < -0.3 is 16.0 Å². The van der Waals surface area contributed by atoms with Gasteiger partial charge in [0.05, 0.1) is 6.54 Å². The van der Waals surface area contributed by atoms with Crippen LogP contribution < -0.4 is 11.1 Å². The first-order chi connectivity index (χ1) is 9.97. The molecule has 21 heavy (non-hydrogen) atoms. The number of carbonyl (C=O) groups excluding carboxylic acids is 2. The molecule has 0 saturated carbocycles. The van der Waals surface area contributed by atoms with Crippen molar-refractivity contribution in [2.24, 2.45) is 5.73 Å². The average Bonchev–Trinajstić information content (AvgIpc) is 2.48. The van der Waals surface area contributed by atoms with Crippen LogP contribution in [-0.2, 0) is 4.79 Å². The minimum absolute atomic E-state index is 0.0895. The summed E-state index contributed by atoms with van der Waals surface area (Å²) in [4.78, 5) is 25.1. The van der Waals surface area contributed by atoms with E-state index in [1.807, 2.05) is 19.1 Å². The average molecular weight is 287 g/mol. The quantitative estimate of drug-likeness (QED) is 0.792. The van der Waals surface area contributed by atoms with Crippen LogP contribution in [-0.4, -0.2) is 43.9 Å². The van der Waals surface area contributed by atoms with Gasteiger partial charge in [0, 0.05) is 38.2 Å². The molecular weight excluding hydrogens is 266 g/mol. The molecular formula is C16H21N3O2. The van der Waals surface area contributed by atoms with Gasteiger partial charge in [-0.1, -0.05) is 11.8 Å². The Kier molecular flexibility index (Phi) is 6.44. The van der Waals surface area contributed by atoms with E-state index in [0.717, 1.165) is 11.1 Å². The maximum absolute atomic E-state index is 12.3. The third-order valence-corrected chi connectivity index (χ3v) is 2.96. The van der Waals surface area contributed by atoms with Crippen LogP contribution >= 0.6 is 0 Å². The minimum Gasteiger partial charge on any atom is -0.359 e. The van der Waals surface area contributed by atoms with Crippen molar-refractivity contribution in [1.82, 2.24) is 10.2 Å². The smallest absolute Gasteiger partial charge is 0.253 e. The van der Waals surface area contributed by atoms with Crippen molar-refractivity contribution in [2.75, 3.05) is 27.2 Å². The number of nitrogens with two attached hydrogens (primary N) is 1. The molecule has 0 aliphatic rings. The lowest BCUT2D eigenvalue weighted by Crippen LogP contribution is -2.31. The molecule has 0 spiro atoms. The molecule has 5 nitrogen and oxygen atoms in total. The topological polar surface area (TPSA) is 75.4 Å². The van der Waals surface area contributed by atoms with E-state index < -0.39 is 0 Å². The van der Waals surface area contributed by atoms with Gasteiger partial charge >= 0.3 is 0 Å². The fourth-order valence-electron chi connectivity index (χ4n) is 1.85. The molecule has 5 heteroatoms. The van der Waals surface area contributed by atoms with Gasteiger partial charge in [-0.3, -0.25) is 9.59 Å². The fraction of sp³-hybridized carbons (Fsp3) is 0.375. The van der Waals surface area contributed by atoms with Crippen LogP contribution in [0.2, 0.25) is 0 Å². The Morgan fingerprint density at radius 1 is 1.33 bits per heavy atom. The van der Waals surface area contributed by atoms with E-state index in [4.69, 9.17) is 5.73 Å². The van der Waals surface area contributed by atoms with Crippen LogP contribution in [0.5, 0.6) is 0 Å². The lowest BCUT2D eigenvalue weighted by Gasteiger charge is -2.17. The van der Waals surface area contributed by atoms with Crippen LogP contribution in [0.4, 0.5) is 0 Å². The molecule has 0 radical (unpaired) electrons. The number of benzene rings is 1. The summed E-state index contributed by atoms with van der Waals surface area (Å²) in [6, 6.07) is 5.46. The van der Waals surface area contributed by atoms with Gasteiger partial charge in [-0.2, -0.15) is 0 Å². The molecule has 0 unspecified atom stereocenters. The Balaban J connectivity index is 2.86. The summed E-state index contributed by atoms with van der Waals surface area (Å²) in [7, 11) is 3.26. The molecule has 0 aliphatic heterocycles. The first-order valence-corrected chi connectivity index (χ1v) is 6.74. The molecule has 2 amide bonds. The second kappa shape index (κ2) is 8.08. The third kappa shape index (κ3) is 5.28. The zero-order chi connectivity index (χ0) is 15.8. The van der Waals surface area contributed by atoms with Crippen molar-refractivity contribution in [2.45, 2.75) is 13.3 Å². The fourth-order valence-corrected chi connectivity index (χ4v) is 1.85. The Labute approximate surface area is 125 Å². The highest BCUT2D eigenvalue weighted by molar-refractivity contribution is 5.95. The van der Waals surface area contributed by atoms with Gasteiger partial charge in [-0.05, 0) is 30.7 Å². The molecule has 0 aromatic heterocycles. The first kappa shape index (κ1) is 16.7. The molecule has 0 aliphatic carbocycles. The number of aryl methyl sites for hydroxylation is 1. The van der Waals surface area contributed by atoms with Crippen molar-refractivity contribution >= 4 is 11.8 Å². The Morgan fingerprint density at radius 3 is 2.67 bits per heavy atom. The third-order valence-electron chi connectivity index (χ3n) is 2.96. The summed E-state index contributed by atoms with van der Waals surface area (Å²) >= 11 is 0. The molecule has 0 bridgehead atoms. The number of amides is 2. The first-order valence-electron chi connectivity index (χ1n) is 6.74. The van der Waals surface area contributed by atoms with E-state index in [0.29, 0.717) is 12.1 Å².